The van der Waals surface area contributed by atoms with Gasteiger partial charge in [-0.3, -0.25) is 0 Å². The fourth-order valence-electron chi connectivity index (χ4n) is 1.06. The van der Waals surface area contributed by atoms with Crippen LogP contribution in [0.4, 0.5) is 0 Å². The molecule has 0 radical (unpaired) electrons. The van der Waals surface area contributed by atoms with E-state index in [1.807, 2.05) is 23.9 Å². The van der Waals surface area contributed by atoms with Crippen LogP contribution in [0, 0.1) is 0 Å². The van der Waals surface area contributed by atoms with Crippen molar-refractivity contribution in [1.82, 2.24) is 0 Å². The summed E-state index contributed by atoms with van der Waals surface area (Å²) in [4.78, 5) is 0. The summed E-state index contributed by atoms with van der Waals surface area (Å²) in [5, 5.41) is 9.38. The first-order valence-corrected chi connectivity index (χ1v) is 7.52. The molecule has 0 fully saturated rings. The minimum Gasteiger partial charge on any atom is -0.396 e. The molecule has 0 atom stereocenters. The quantitative estimate of drug-likeness (QED) is 0.762. The van der Waals surface area contributed by atoms with E-state index in [9.17, 15) is 0 Å². The highest BCUT2D eigenvalue weighted by Gasteiger charge is 1.94. The van der Waals surface area contributed by atoms with Crippen LogP contribution < -0.4 is 0 Å². The molecule has 1 aromatic rings. The summed E-state index contributed by atoms with van der Waals surface area (Å²) in [6.07, 6.45) is 0. The SMILES string of the molecule is OCCSCCSCc1ccc(Cl)cc1. The lowest BCUT2D eigenvalue weighted by Crippen LogP contribution is -1.91. The lowest BCUT2D eigenvalue weighted by Gasteiger charge is -2.01. The molecule has 0 amide bonds. The number of aliphatic hydroxyl groups excluding tert-OH is 1. The molecule has 0 unspecified atom stereocenters. The smallest absolute Gasteiger partial charge is 0.0521 e. The second-order valence-electron chi connectivity index (χ2n) is 3.02. The van der Waals surface area contributed by atoms with Gasteiger partial charge in [-0.05, 0) is 17.7 Å². The van der Waals surface area contributed by atoms with E-state index in [1.165, 1.54) is 5.56 Å². The van der Waals surface area contributed by atoms with Gasteiger partial charge in [0, 0.05) is 28.0 Å². The van der Waals surface area contributed by atoms with Gasteiger partial charge in [0.05, 0.1) is 6.61 Å². The zero-order valence-corrected chi connectivity index (χ0v) is 10.9. The molecule has 0 heterocycles. The molecular formula is C11H15ClOS2. The van der Waals surface area contributed by atoms with E-state index in [2.05, 4.69) is 12.1 Å². The molecule has 0 spiro atoms. The van der Waals surface area contributed by atoms with Gasteiger partial charge < -0.3 is 5.11 Å². The number of rotatable bonds is 7. The summed E-state index contributed by atoms with van der Waals surface area (Å²) in [7, 11) is 0. The average molecular weight is 263 g/mol. The largest absolute Gasteiger partial charge is 0.396 e. The van der Waals surface area contributed by atoms with Crippen molar-refractivity contribution in [2.75, 3.05) is 23.9 Å². The highest BCUT2D eigenvalue weighted by atomic mass is 35.5. The predicted molar refractivity (Wildman–Crippen MR) is 72.0 cm³/mol. The highest BCUT2D eigenvalue weighted by molar-refractivity contribution is 8.02. The predicted octanol–water partition coefficient (Wildman–Crippen LogP) is 3.30. The first-order valence-electron chi connectivity index (χ1n) is 4.83. The van der Waals surface area contributed by atoms with Gasteiger partial charge in [0.1, 0.15) is 0 Å². The Labute approximate surface area is 105 Å². The fraction of sp³-hybridized carbons (Fsp3) is 0.455. The minimum absolute atomic E-state index is 0.284. The average Bonchev–Trinajstić information content (AvgIpc) is 2.26. The van der Waals surface area contributed by atoms with Gasteiger partial charge in [-0.15, -0.1) is 0 Å². The minimum atomic E-state index is 0.284. The van der Waals surface area contributed by atoms with Crippen LogP contribution in [0.15, 0.2) is 24.3 Å². The summed E-state index contributed by atoms with van der Waals surface area (Å²) in [5.74, 6) is 4.13. The second kappa shape index (κ2) is 8.34. The topological polar surface area (TPSA) is 20.2 Å². The molecule has 0 saturated heterocycles. The molecule has 0 aliphatic heterocycles. The standard InChI is InChI=1S/C11H15ClOS2/c12-11-3-1-10(2-4-11)9-15-8-7-14-6-5-13/h1-4,13H,5-9H2. The number of aliphatic hydroxyl groups is 1. The van der Waals surface area contributed by atoms with Crippen molar-refractivity contribution in [2.45, 2.75) is 5.75 Å². The molecule has 1 N–H and O–H groups in total. The summed E-state index contributed by atoms with van der Waals surface area (Å²) >= 11 is 9.51. The molecule has 0 aliphatic carbocycles. The summed E-state index contributed by atoms with van der Waals surface area (Å²) in [5.41, 5.74) is 1.32. The number of hydrogen-bond donors (Lipinski definition) is 1. The Morgan fingerprint density at radius 2 is 1.67 bits per heavy atom. The van der Waals surface area contributed by atoms with Crippen LogP contribution in [0.3, 0.4) is 0 Å². The normalized spacial score (nSPS) is 10.5. The molecule has 0 saturated carbocycles. The Bertz CT molecular complexity index is 264. The second-order valence-corrected chi connectivity index (χ2v) is 5.78. The maximum Gasteiger partial charge on any atom is 0.0521 e. The third-order valence-corrected chi connectivity index (χ3v) is 4.29. The van der Waals surface area contributed by atoms with Crippen LogP contribution >= 0.6 is 35.1 Å². The van der Waals surface area contributed by atoms with E-state index in [-0.39, 0.29) is 6.61 Å². The van der Waals surface area contributed by atoms with E-state index in [0.29, 0.717) is 0 Å². The fourth-order valence-corrected chi connectivity index (χ4v) is 3.03. The third kappa shape index (κ3) is 6.36. The molecule has 1 nitrogen and oxygen atoms in total. The van der Waals surface area contributed by atoms with Crippen molar-refractivity contribution in [2.24, 2.45) is 0 Å². The summed E-state index contributed by atoms with van der Waals surface area (Å²) < 4.78 is 0. The van der Waals surface area contributed by atoms with E-state index in [4.69, 9.17) is 16.7 Å². The molecule has 4 heteroatoms. The van der Waals surface area contributed by atoms with Gasteiger partial charge in [0.2, 0.25) is 0 Å². The van der Waals surface area contributed by atoms with Crippen molar-refractivity contribution < 1.29 is 5.11 Å². The Kier molecular flexibility index (Phi) is 7.36. The van der Waals surface area contributed by atoms with Crippen molar-refractivity contribution >= 4 is 35.1 Å². The van der Waals surface area contributed by atoms with Crippen LogP contribution in [0.1, 0.15) is 5.56 Å². The van der Waals surface area contributed by atoms with Crippen molar-refractivity contribution in [3.63, 3.8) is 0 Å². The Hall–Kier alpha value is 0.170. The Morgan fingerprint density at radius 1 is 1.00 bits per heavy atom. The number of benzene rings is 1. The number of halogens is 1. The van der Waals surface area contributed by atoms with Gasteiger partial charge >= 0.3 is 0 Å². The van der Waals surface area contributed by atoms with Gasteiger partial charge in [-0.2, -0.15) is 23.5 Å². The Morgan fingerprint density at radius 3 is 2.33 bits per heavy atom. The summed E-state index contributed by atoms with van der Waals surface area (Å²) in [6, 6.07) is 7.99. The van der Waals surface area contributed by atoms with E-state index >= 15 is 0 Å². The zero-order chi connectivity index (χ0) is 10.9. The molecule has 1 rings (SSSR count). The molecule has 15 heavy (non-hydrogen) atoms. The zero-order valence-electron chi connectivity index (χ0n) is 8.49. The van der Waals surface area contributed by atoms with E-state index in [1.54, 1.807) is 11.8 Å². The molecule has 84 valence electrons. The summed E-state index contributed by atoms with van der Waals surface area (Å²) in [6.45, 7) is 0.284. The maximum atomic E-state index is 8.59. The van der Waals surface area contributed by atoms with Gasteiger partial charge in [-0.25, -0.2) is 0 Å². The highest BCUT2D eigenvalue weighted by Crippen LogP contribution is 2.16. The lowest BCUT2D eigenvalue weighted by atomic mass is 10.2. The van der Waals surface area contributed by atoms with Gasteiger partial charge in [0.15, 0.2) is 0 Å². The number of hydrogen-bond acceptors (Lipinski definition) is 3. The van der Waals surface area contributed by atoms with Crippen LogP contribution in [0.5, 0.6) is 0 Å². The van der Waals surface area contributed by atoms with Gasteiger partial charge in [-0.1, -0.05) is 23.7 Å². The Balaban J connectivity index is 2.07. The van der Waals surface area contributed by atoms with Crippen LogP contribution in [-0.2, 0) is 5.75 Å². The maximum absolute atomic E-state index is 8.59. The molecule has 1 aromatic carbocycles. The van der Waals surface area contributed by atoms with Crippen molar-refractivity contribution in [3.8, 4) is 0 Å². The van der Waals surface area contributed by atoms with Crippen LogP contribution in [-0.4, -0.2) is 29.0 Å². The first kappa shape index (κ1) is 13.2. The monoisotopic (exact) mass is 262 g/mol. The van der Waals surface area contributed by atoms with Crippen LogP contribution in [0.25, 0.3) is 0 Å². The molecule has 0 aromatic heterocycles. The van der Waals surface area contributed by atoms with Crippen molar-refractivity contribution in [3.05, 3.63) is 34.9 Å². The first-order chi connectivity index (χ1) is 7.33. The lowest BCUT2D eigenvalue weighted by molar-refractivity contribution is 0.322. The molecule has 0 bridgehead atoms. The third-order valence-electron chi connectivity index (χ3n) is 1.79. The molecule has 0 aliphatic rings. The van der Waals surface area contributed by atoms with Crippen LogP contribution in [0.2, 0.25) is 5.02 Å². The van der Waals surface area contributed by atoms with Gasteiger partial charge in [0.25, 0.3) is 0 Å². The number of thioether (sulfide) groups is 2. The molecular weight excluding hydrogens is 248 g/mol. The van der Waals surface area contributed by atoms with E-state index < -0.39 is 0 Å². The van der Waals surface area contributed by atoms with E-state index in [0.717, 1.165) is 28.0 Å². The van der Waals surface area contributed by atoms with Crippen molar-refractivity contribution in [1.29, 1.82) is 0 Å².